The molecule has 0 fully saturated rings. The van der Waals surface area contributed by atoms with E-state index < -0.39 is 6.17 Å². The minimum atomic E-state index is -0.689. The second kappa shape index (κ2) is 9.94. The van der Waals surface area contributed by atoms with Crippen LogP contribution in [0.2, 0.25) is 0 Å². The highest BCUT2D eigenvalue weighted by molar-refractivity contribution is 8.00. The molecule has 0 saturated carbocycles. The van der Waals surface area contributed by atoms with E-state index in [2.05, 4.69) is 0 Å². The summed E-state index contributed by atoms with van der Waals surface area (Å²) in [7, 11) is 0. The lowest BCUT2D eigenvalue weighted by Crippen LogP contribution is -2.17. The van der Waals surface area contributed by atoms with Gasteiger partial charge in [0.05, 0.1) is 18.0 Å². The first-order valence-electron chi connectivity index (χ1n) is 6.00. The van der Waals surface area contributed by atoms with Crippen molar-refractivity contribution in [3.63, 3.8) is 0 Å². The van der Waals surface area contributed by atoms with E-state index in [0.29, 0.717) is 13.0 Å². The number of carbonyl (C=O) groups is 1. The molecule has 0 rings (SSSR count). The quantitative estimate of drug-likeness (QED) is 0.462. The van der Waals surface area contributed by atoms with E-state index in [1.165, 1.54) is 0 Å². The third-order valence-electron chi connectivity index (χ3n) is 2.23. The van der Waals surface area contributed by atoms with Crippen LogP contribution in [0.5, 0.6) is 0 Å². The van der Waals surface area contributed by atoms with E-state index in [-0.39, 0.29) is 11.2 Å². The van der Waals surface area contributed by atoms with Crippen molar-refractivity contribution in [2.24, 2.45) is 0 Å². The van der Waals surface area contributed by atoms with Crippen molar-refractivity contribution in [2.75, 3.05) is 12.4 Å². The first-order valence-corrected chi connectivity index (χ1v) is 7.05. The highest BCUT2D eigenvalue weighted by atomic mass is 32.2. The molecule has 0 aromatic carbocycles. The van der Waals surface area contributed by atoms with Gasteiger partial charge < -0.3 is 4.74 Å². The van der Waals surface area contributed by atoms with Gasteiger partial charge >= 0.3 is 5.97 Å². The highest BCUT2D eigenvalue weighted by Gasteiger charge is 2.13. The van der Waals surface area contributed by atoms with Crippen molar-refractivity contribution in [3.8, 4) is 0 Å². The minimum Gasteiger partial charge on any atom is -0.465 e. The first kappa shape index (κ1) is 15.8. The number of unbranched alkanes of at least 4 members (excludes halogenated alkanes) is 2. The molecule has 0 aliphatic carbocycles. The number of esters is 1. The van der Waals surface area contributed by atoms with Crippen LogP contribution < -0.4 is 0 Å². The smallest absolute Gasteiger partial charge is 0.318 e. The van der Waals surface area contributed by atoms with Gasteiger partial charge in [-0.1, -0.05) is 12.8 Å². The number of thioether (sulfide) groups is 1. The Morgan fingerprint density at radius 1 is 1.31 bits per heavy atom. The molecule has 0 N–H and O–H groups in total. The van der Waals surface area contributed by atoms with Gasteiger partial charge in [0, 0.05) is 0 Å². The molecule has 2 atom stereocenters. The lowest BCUT2D eigenvalue weighted by molar-refractivity contribution is -0.142. The number of carbonyl (C=O) groups excluding carboxylic acids is 1. The van der Waals surface area contributed by atoms with Gasteiger partial charge in [0.25, 0.3) is 0 Å². The van der Waals surface area contributed by atoms with Crippen LogP contribution in [-0.4, -0.2) is 29.8 Å². The molecule has 0 aliphatic rings. The van der Waals surface area contributed by atoms with Gasteiger partial charge in [0.2, 0.25) is 0 Å². The summed E-state index contributed by atoms with van der Waals surface area (Å²) >= 11 is 1.61. The summed E-state index contributed by atoms with van der Waals surface area (Å²) < 4.78 is 17.4. The topological polar surface area (TPSA) is 26.3 Å². The standard InChI is InChI=1S/C12H23FO2S/c1-4-15-12(14)11(3)16-9-7-5-6-8-10(2)13/h10-11H,4-9H2,1-3H3. The molecule has 0 amide bonds. The Kier molecular flexibility index (Phi) is 9.78. The van der Waals surface area contributed by atoms with Crippen molar-refractivity contribution in [2.45, 2.75) is 57.9 Å². The number of hydrogen-bond acceptors (Lipinski definition) is 3. The fraction of sp³-hybridized carbons (Fsp3) is 0.917. The molecule has 0 heterocycles. The molecule has 2 unspecified atom stereocenters. The van der Waals surface area contributed by atoms with Gasteiger partial charge in [-0.05, 0) is 39.4 Å². The average Bonchev–Trinajstić information content (AvgIpc) is 2.22. The minimum absolute atomic E-state index is 0.0833. The zero-order valence-corrected chi connectivity index (χ0v) is 11.3. The monoisotopic (exact) mass is 250 g/mol. The summed E-state index contributed by atoms with van der Waals surface area (Å²) in [6.45, 7) is 5.72. The maximum atomic E-state index is 12.5. The molecule has 0 radical (unpaired) electrons. The van der Waals surface area contributed by atoms with Gasteiger partial charge in [-0.3, -0.25) is 4.79 Å². The summed E-state index contributed by atoms with van der Waals surface area (Å²) in [5, 5.41) is -0.0833. The van der Waals surface area contributed by atoms with Gasteiger partial charge in [0.1, 0.15) is 0 Å². The largest absolute Gasteiger partial charge is 0.465 e. The molecule has 0 aromatic heterocycles. The zero-order chi connectivity index (χ0) is 12.4. The van der Waals surface area contributed by atoms with Gasteiger partial charge in [-0.2, -0.15) is 0 Å². The average molecular weight is 250 g/mol. The number of halogens is 1. The van der Waals surface area contributed by atoms with Crippen LogP contribution in [-0.2, 0) is 9.53 Å². The summed E-state index contributed by atoms with van der Waals surface area (Å²) in [6.07, 6.45) is 2.98. The summed E-state index contributed by atoms with van der Waals surface area (Å²) in [4.78, 5) is 11.3. The Labute approximate surface area is 102 Å². The van der Waals surface area contributed by atoms with Crippen LogP contribution in [0, 0.1) is 0 Å². The predicted octanol–water partition coefficient (Wildman–Crippen LogP) is 3.59. The van der Waals surface area contributed by atoms with Crippen molar-refractivity contribution in [1.29, 1.82) is 0 Å². The Balaban J connectivity index is 3.34. The molecule has 4 heteroatoms. The number of hydrogen-bond donors (Lipinski definition) is 0. The van der Waals surface area contributed by atoms with Crippen molar-refractivity contribution < 1.29 is 13.9 Å². The Morgan fingerprint density at radius 3 is 2.56 bits per heavy atom. The van der Waals surface area contributed by atoms with Gasteiger partial charge in [0.15, 0.2) is 0 Å². The van der Waals surface area contributed by atoms with Crippen LogP contribution in [0.25, 0.3) is 0 Å². The molecule has 0 bridgehead atoms. The number of rotatable bonds is 9. The SMILES string of the molecule is CCOC(=O)C(C)SCCCCCC(C)F. The summed E-state index contributed by atoms with van der Waals surface area (Å²) in [5.41, 5.74) is 0. The van der Waals surface area contributed by atoms with Crippen LogP contribution >= 0.6 is 11.8 Å². The molecule has 0 saturated heterocycles. The van der Waals surface area contributed by atoms with E-state index in [4.69, 9.17) is 4.74 Å². The van der Waals surface area contributed by atoms with E-state index in [9.17, 15) is 9.18 Å². The lowest BCUT2D eigenvalue weighted by Gasteiger charge is -2.09. The molecule has 0 aliphatic heterocycles. The van der Waals surface area contributed by atoms with E-state index in [1.54, 1.807) is 18.7 Å². The van der Waals surface area contributed by atoms with Gasteiger partial charge in [-0.15, -0.1) is 11.8 Å². The molecular weight excluding hydrogens is 227 g/mol. The maximum Gasteiger partial charge on any atom is 0.318 e. The van der Waals surface area contributed by atoms with Crippen LogP contribution in [0.15, 0.2) is 0 Å². The van der Waals surface area contributed by atoms with Crippen LogP contribution in [0.1, 0.15) is 46.5 Å². The van der Waals surface area contributed by atoms with Crippen molar-refractivity contribution >= 4 is 17.7 Å². The number of alkyl halides is 1. The molecule has 16 heavy (non-hydrogen) atoms. The molecular formula is C12H23FO2S. The number of ether oxygens (including phenoxy) is 1. The maximum absolute atomic E-state index is 12.5. The summed E-state index contributed by atoms with van der Waals surface area (Å²) in [6, 6.07) is 0. The Hall–Kier alpha value is -0.250. The van der Waals surface area contributed by atoms with Crippen LogP contribution in [0.3, 0.4) is 0 Å². The highest BCUT2D eigenvalue weighted by Crippen LogP contribution is 2.15. The van der Waals surface area contributed by atoms with Crippen LogP contribution in [0.4, 0.5) is 4.39 Å². The normalized spacial score (nSPS) is 14.5. The van der Waals surface area contributed by atoms with E-state index >= 15 is 0 Å². The summed E-state index contributed by atoms with van der Waals surface area (Å²) in [5.74, 6) is 0.811. The first-order chi connectivity index (χ1) is 7.57. The molecule has 96 valence electrons. The van der Waals surface area contributed by atoms with Crippen molar-refractivity contribution in [3.05, 3.63) is 0 Å². The molecule has 0 spiro atoms. The Bertz CT molecular complexity index is 186. The van der Waals surface area contributed by atoms with E-state index in [0.717, 1.165) is 25.0 Å². The Morgan fingerprint density at radius 2 is 2.00 bits per heavy atom. The zero-order valence-electron chi connectivity index (χ0n) is 10.5. The lowest BCUT2D eigenvalue weighted by atomic mass is 10.1. The fourth-order valence-corrected chi connectivity index (χ4v) is 2.22. The fourth-order valence-electron chi connectivity index (χ4n) is 1.29. The predicted molar refractivity (Wildman–Crippen MR) is 67.6 cm³/mol. The van der Waals surface area contributed by atoms with Crippen molar-refractivity contribution in [1.82, 2.24) is 0 Å². The molecule has 0 aromatic rings. The third kappa shape index (κ3) is 9.01. The third-order valence-corrected chi connectivity index (χ3v) is 3.45. The van der Waals surface area contributed by atoms with Gasteiger partial charge in [-0.25, -0.2) is 4.39 Å². The molecule has 2 nitrogen and oxygen atoms in total. The second-order valence-corrected chi connectivity index (χ2v) is 5.34. The van der Waals surface area contributed by atoms with E-state index in [1.807, 2.05) is 13.8 Å². The second-order valence-electron chi connectivity index (χ2n) is 3.90.